The summed E-state index contributed by atoms with van der Waals surface area (Å²) in [5, 5.41) is 0. The van der Waals surface area contributed by atoms with Crippen molar-refractivity contribution in [2.75, 3.05) is 0 Å². The first kappa shape index (κ1) is 15.8. The van der Waals surface area contributed by atoms with Crippen molar-refractivity contribution < 1.29 is 25.8 Å². The maximum Gasteiger partial charge on any atom is 0.534 e. The van der Waals surface area contributed by atoms with E-state index in [1.165, 1.54) is 24.3 Å². The third kappa shape index (κ3) is 3.76. The van der Waals surface area contributed by atoms with Crippen molar-refractivity contribution in [2.45, 2.75) is 5.51 Å². The third-order valence-corrected chi connectivity index (χ3v) is 4.03. The molecule has 0 N–H and O–H groups in total. The van der Waals surface area contributed by atoms with Gasteiger partial charge in [-0.05, 0) is 35.4 Å². The van der Waals surface area contributed by atoms with Gasteiger partial charge in [-0.25, -0.2) is 0 Å². The molecule has 0 unspecified atom stereocenters. The van der Waals surface area contributed by atoms with Gasteiger partial charge >= 0.3 is 15.6 Å². The Labute approximate surface area is 127 Å². The average Bonchev–Trinajstić information content (AvgIpc) is 2.39. The lowest BCUT2D eigenvalue weighted by Gasteiger charge is -2.10. The molecule has 0 saturated heterocycles. The molecular weight excluding hydrogens is 373 g/mol. The molecule has 21 heavy (non-hydrogen) atoms. The molecule has 0 aromatic heterocycles. The van der Waals surface area contributed by atoms with Gasteiger partial charge in [-0.1, -0.05) is 40.2 Å². The molecule has 0 saturated carbocycles. The van der Waals surface area contributed by atoms with Gasteiger partial charge in [0.25, 0.3) is 0 Å². The van der Waals surface area contributed by atoms with Gasteiger partial charge in [0.1, 0.15) is 5.75 Å². The van der Waals surface area contributed by atoms with Gasteiger partial charge in [0.05, 0.1) is 0 Å². The van der Waals surface area contributed by atoms with Crippen LogP contribution < -0.4 is 4.18 Å². The normalized spacial score (nSPS) is 12.2. The highest BCUT2D eigenvalue weighted by atomic mass is 79.9. The standard InChI is InChI=1S/C13H8BrF3O3S/c14-11-5-1-9(2-6-11)10-3-7-12(8-4-10)20-21(18,19)13(15,16)17/h1-8H. The van der Waals surface area contributed by atoms with E-state index in [2.05, 4.69) is 20.1 Å². The summed E-state index contributed by atoms with van der Waals surface area (Å²) < 4.78 is 63.2. The van der Waals surface area contributed by atoms with Crippen LogP contribution >= 0.6 is 15.9 Å². The van der Waals surface area contributed by atoms with E-state index in [9.17, 15) is 21.6 Å². The molecule has 2 rings (SSSR count). The van der Waals surface area contributed by atoms with Crippen molar-refractivity contribution in [2.24, 2.45) is 0 Å². The Morgan fingerprint density at radius 2 is 1.29 bits per heavy atom. The number of benzene rings is 2. The van der Waals surface area contributed by atoms with Crippen LogP contribution in [0.3, 0.4) is 0 Å². The average molecular weight is 381 g/mol. The monoisotopic (exact) mass is 380 g/mol. The first-order chi connectivity index (χ1) is 9.69. The molecule has 112 valence electrons. The van der Waals surface area contributed by atoms with Gasteiger partial charge in [-0.15, -0.1) is 0 Å². The van der Waals surface area contributed by atoms with E-state index < -0.39 is 21.4 Å². The van der Waals surface area contributed by atoms with Crippen LogP contribution in [0, 0.1) is 0 Å². The van der Waals surface area contributed by atoms with E-state index in [4.69, 9.17) is 0 Å². The number of hydrogen-bond donors (Lipinski definition) is 0. The highest BCUT2D eigenvalue weighted by Crippen LogP contribution is 2.29. The van der Waals surface area contributed by atoms with E-state index >= 15 is 0 Å². The highest BCUT2D eigenvalue weighted by Gasteiger charge is 2.48. The molecule has 8 heteroatoms. The second-order valence-corrected chi connectivity index (χ2v) is 6.47. The molecule has 0 heterocycles. The first-order valence-corrected chi connectivity index (χ1v) is 7.76. The van der Waals surface area contributed by atoms with Crippen LogP contribution in [-0.2, 0) is 10.1 Å². The Kier molecular flexibility index (Phi) is 4.29. The van der Waals surface area contributed by atoms with Crippen LogP contribution in [0.5, 0.6) is 5.75 Å². The maximum absolute atomic E-state index is 12.2. The SMILES string of the molecule is O=S(=O)(Oc1ccc(-c2ccc(Br)cc2)cc1)C(F)(F)F. The predicted octanol–water partition coefficient (Wildman–Crippen LogP) is 4.34. The molecule has 0 aliphatic rings. The summed E-state index contributed by atoms with van der Waals surface area (Å²) in [5.41, 5.74) is -3.89. The quantitative estimate of drug-likeness (QED) is 0.587. The largest absolute Gasteiger partial charge is 0.534 e. The molecule has 0 aliphatic carbocycles. The lowest BCUT2D eigenvalue weighted by molar-refractivity contribution is -0.0500. The van der Waals surface area contributed by atoms with Crippen LogP contribution in [0.1, 0.15) is 0 Å². The lowest BCUT2D eigenvalue weighted by atomic mass is 10.1. The topological polar surface area (TPSA) is 43.4 Å². The smallest absolute Gasteiger partial charge is 0.376 e. The van der Waals surface area contributed by atoms with Crippen molar-refractivity contribution in [3.05, 3.63) is 53.0 Å². The van der Waals surface area contributed by atoms with Crippen LogP contribution in [0.15, 0.2) is 53.0 Å². The zero-order valence-corrected chi connectivity index (χ0v) is 12.7. The minimum atomic E-state index is -5.64. The molecule has 0 radical (unpaired) electrons. The molecule has 0 amide bonds. The number of hydrogen-bond acceptors (Lipinski definition) is 3. The Hall–Kier alpha value is -1.54. The second-order valence-electron chi connectivity index (χ2n) is 4.01. The van der Waals surface area contributed by atoms with Gasteiger partial charge < -0.3 is 4.18 Å². The number of halogens is 4. The summed E-state index contributed by atoms with van der Waals surface area (Å²) in [5.74, 6) is -0.395. The number of alkyl halides is 3. The molecular formula is C13H8BrF3O3S. The molecule has 3 nitrogen and oxygen atoms in total. The van der Waals surface area contributed by atoms with Crippen molar-refractivity contribution in [3.8, 4) is 16.9 Å². The summed E-state index contributed by atoms with van der Waals surface area (Å²) in [7, 11) is -5.64. The van der Waals surface area contributed by atoms with Crippen molar-refractivity contribution in [1.29, 1.82) is 0 Å². The Balaban J connectivity index is 2.22. The van der Waals surface area contributed by atoms with Crippen molar-refractivity contribution in [3.63, 3.8) is 0 Å². The zero-order valence-electron chi connectivity index (χ0n) is 10.3. The molecule has 2 aromatic carbocycles. The minimum absolute atomic E-state index is 0.395. The van der Waals surface area contributed by atoms with E-state index in [0.717, 1.165) is 15.6 Å². The molecule has 0 atom stereocenters. The van der Waals surface area contributed by atoms with Crippen molar-refractivity contribution >= 4 is 26.0 Å². The first-order valence-electron chi connectivity index (χ1n) is 5.56. The number of rotatable bonds is 3. The molecule has 0 spiro atoms. The predicted molar refractivity (Wildman–Crippen MR) is 75.2 cm³/mol. The van der Waals surface area contributed by atoms with Crippen molar-refractivity contribution in [1.82, 2.24) is 0 Å². The molecule has 0 fully saturated rings. The minimum Gasteiger partial charge on any atom is -0.376 e. The highest BCUT2D eigenvalue weighted by molar-refractivity contribution is 9.10. The summed E-state index contributed by atoms with van der Waals surface area (Å²) in [4.78, 5) is 0. The third-order valence-electron chi connectivity index (χ3n) is 2.52. The maximum atomic E-state index is 12.2. The van der Waals surface area contributed by atoms with Gasteiger partial charge in [-0.3, -0.25) is 0 Å². The molecule has 0 bridgehead atoms. The van der Waals surface area contributed by atoms with Gasteiger partial charge in [-0.2, -0.15) is 21.6 Å². The summed E-state index contributed by atoms with van der Waals surface area (Å²) in [6, 6.07) is 12.5. The van der Waals surface area contributed by atoms with E-state index in [0.29, 0.717) is 0 Å². The fraction of sp³-hybridized carbons (Fsp3) is 0.0769. The van der Waals surface area contributed by atoms with Crippen LogP contribution in [0.25, 0.3) is 11.1 Å². The van der Waals surface area contributed by atoms with Gasteiger partial charge in [0.2, 0.25) is 0 Å². The summed E-state index contributed by atoms with van der Waals surface area (Å²) in [6.45, 7) is 0. The molecule has 0 aliphatic heterocycles. The lowest BCUT2D eigenvalue weighted by Crippen LogP contribution is -2.28. The Morgan fingerprint density at radius 1 is 0.857 bits per heavy atom. The molecule has 2 aromatic rings. The fourth-order valence-electron chi connectivity index (χ4n) is 1.52. The Bertz CT molecular complexity index is 723. The van der Waals surface area contributed by atoms with Gasteiger partial charge in [0.15, 0.2) is 0 Å². The van der Waals surface area contributed by atoms with Crippen LogP contribution in [0.2, 0.25) is 0 Å². The summed E-state index contributed by atoms with van der Waals surface area (Å²) >= 11 is 3.29. The summed E-state index contributed by atoms with van der Waals surface area (Å²) in [6.07, 6.45) is 0. The second kappa shape index (κ2) is 5.69. The van der Waals surface area contributed by atoms with E-state index in [1.807, 2.05) is 24.3 Å². The Morgan fingerprint density at radius 3 is 1.71 bits per heavy atom. The van der Waals surface area contributed by atoms with Crippen LogP contribution in [0.4, 0.5) is 13.2 Å². The zero-order chi connectivity index (χ0) is 15.7. The van der Waals surface area contributed by atoms with Gasteiger partial charge in [0, 0.05) is 4.47 Å². The van der Waals surface area contributed by atoms with Crippen LogP contribution in [-0.4, -0.2) is 13.9 Å². The van der Waals surface area contributed by atoms with E-state index in [-0.39, 0.29) is 0 Å². The van der Waals surface area contributed by atoms with E-state index in [1.54, 1.807) is 0 Å². The fourth-order valence-corrected chi connectivity index (χ4v) is 2.24.